The molecule has 26 heavy (non-hydrogen) atoms. The molecule has 1 amide bonds. The average molecular weight is 366 g/mol. The quantitative estimate of drug-likeness (QED) is 0.704. The summed E-state index contributed by atoms with van der Waals surface area (Å²) in [7, 11) is 1.89. The first-order chi connectivity index (χ1) is 12.6. The number of nitrogens with zero attached hydrogens (tertiary/aromatic N) is 3. The van der Waals surface area contributed by atoms with E-state index >= 15 is 0 Å². The predicted octanol–water partition coefficient (Wildman–Crippen LogP) is 3.87. The summed E-state index contributed by atoms with van der Waals surface area (Å²) < 4.78 is 1.17. The highest BCUT2D eigenvalue weighted by Crippen LogP contribution is 2.29. The molecule has 4 nitrogen and oxygen atoms in total. The second kappa shape index (κ2) is 7.17. The number of amides is 1. The van der Waals surface area contributed by atoms with Crippen molar-refractivity contribution >= 4 is 27.5 Å². The Morgan fingerprint density at radius 2 is 1.92 bits per heavy atom. The van der Waals surface area contributed by atoms with Gasteiger partial charge in [0.1, 0.15) is 5.01 Å². The van der Waals surface area contributed by atoms with E-state index in [1.54, 1.807) is 11.3 Å². The van der Waals surface area contributed by atoms with Crippen molar-refractivity contribution in [3.63, 3.8) is 0 Å². The van der Waals surface area contributed by atoms with Crippen molar-refractivity contribution in [1.29, 1.82) is 0 Å². The maximum Gasteiger partial charge on any atom is 0.237 e. The Bertz CT molecular complexity index is 903. The van der Waals surface area contributed by atoms with E-state index in [1.807, 2.05) is 30.1 Å². The molecule has 134 valence electrons. The second-order valence-electron chi connectivity index (χ2n) is 6.93. The van der Waals surface area contributed by atoms with Gasteiger partial charge in [0.15, 0.2) is 0 Å². The Balaban J connectivity index is 1.43. The Hall–Kier alpha value is -2.24. The molecule has 1 atom stereocenters. The number of fused-ring (bicyclic) bond motifs is 2. The number of para-hydroxylation sites is 1. The third-order valence-electron chi connectivity index (χ3n) is 5.21. The summed E-state index contributed by atoms with van der Waals surface area (Å²) in [6.07, 6.45) is 1.01. The first-order valence-corrected chi connectivity index (χ1v) is 9.84. The fraction of sp³-hybridized carbons (Fsp3) is 0.333. The van der Waals surface area contributed by atoms with Gasteiger partial charge in [0.05, 0.1) is 22.8 Å². The number of aromatic nitrogens is 1. The zero-order valence-corrected chi connectivity index (χ0v) is 16.0. The van der Waals surface area contributed by atoms with Gasteiger partial charge in [-0.2, -0.15) is 0 Å². The van der Waals surface area contributed by atoms with E-state index in [1.165, 1.54) is 15.8 Å². The number of rotatable bonds is 4. The number of carbonyl (C=O) groups is 1. The zero-order valence-electron chi connectivity index (χ0n) is 15.2. The van der Waals surface area contributed by atoms with Crippen LogP contribution in [0.15, 0.2) is 48.5 Å². The monoisotopic (exact) mass is 365 g/mol. The van der Waals surface area contributed by atoms with Gasteiger partial charge >= 0.3 is 0 Å². The number of thiazole rings is 1. The molecule has 0 N–H and O–H groups in total. The van der Waals surface area contributed by atoms with Gasteiger partial charge in [0.25, 0.3) is 0 Å². The van der Waals surface area contributed by atoms with Crippen molar-refractivity contribution in [1.82, 2.24) is 14.8 Å². The van der Waals surface area contributed by atoms with Gasteiger partial charge < -0.3 is 4.90 Å². The molecule has 0 fully saturated rings. The van der Waals surface area contributed by atoms with Gasteiger partial charge in [0, 0.05) is 20.1 Å². The maximum absolute atomic E-state index is 12.8. The van der Waals surface area contributed by atoms with Crippen LogP contribution in [0, 0.1) is 0 Å². The van der Waals surface area contributed by atoms with Crippen LogP contribution in [0.3, 0.4) is 0 Å². The highest BCUT2D eigenvalue weighted by Gasteiger charge is 2.24. The normalized spacial score (nSPS) is 15.6. The Labute approximate surface area is 158 Å². The van der Waals surface area contributed by atoms with Crippen LogP contribution in [0.4, 0.5) is 0 Å². The van der Waals surface area contributed by atoms with Crippen LogP contribution in [0.1, 0.15) is 29.1 Å². The fourth-order valence-corrected chi connectivity index (χ4v) is 4.51. The molecular formula is C21H23N3OS. The largest absolute Gasteiger partial charge is 0.335 e. The number of hydrogen-bond acceptors (Lipinski definition) is 4. The highest BCUT2D eigenvalue weighted by molar-refractivity contribution is 7.18. The summed E-state index contributed by atoms with van der Waals surface area (Å²) >= 11 is 1.67. The molecule has 2 heterocycles. The van der Waals surface area contributed by atoms with Crippen LogP contribution < -0.4 is 0 Å². The topological polar surface area (TPSA) is 36.4 Å². The second-order valence-corrected chi connectivity index (χ2v) is 7.99. The molecule has 0 aliphatic carbocycles. The molecule has 3 aromatic rings. The molecule has 0 spiro atoms. The lowest BCUT2D eigenvalue weighted by Crippen LogP contribution is -2.41. The van der Waals surface area contributed by atoms with E-state index in [0.29, 0.717) is 6.54 Å². The van der Waals surface area contributed by atoms with Crippen LogP contribution in [-0.2, 0) is 17.8 Å². The smallest absolute Gasteiger partial charge is 0.237 e. The van der Waals surface area contributed by atoms with Crippen LogP contribution in [0.5, 0.6) is 0 Å². The summed E-state index contributed by atoms with van der Waals surface area (Å²) in [6, 6.07) is 16.6. The molecule has 1 aromatic heterocycles. The van der Waals surface area contributed by atoms with Crippen LogP contribution in [-0.4, -0.2) is 40.8 Å². The molecule has 0 saturated heterocycles. The predicted molar refractivity (Wildman–Crippen MR) is 106 cm³/mol. The van der Waals surface area contributed by atoms with Crippen molar-refractivity contribution < 1.29 is 4.79 Å². The minimum Gasteiger partial charge on any atom is -0.335 e. The third-order valence-corrected chi connectivity index (χ3v) is 6.42. The number of carbonyl (C=O) groups excluding carboxylic acids is 1. The standard InChI is InChI=1S/C21H23N3OS/c1-15(21-22-18-9-5-6-10-19(18)26-21)23(2)20(25)14-24-12-11-16-7-3-4-8-17(16)13-24/h3-10,15H,11-14H2,1-2H3/t15-/m0/s1. The van der Waals surface area contributed by atoms with Crippen LogP contribution in [0.2, 0.25) is 0 Å². The van der Waals surface area contributed by atoms with E-state index in [4.69, 9.17) is 4.98 Å². The third kappa shape index (κ3) is 3.37. The van der Waals surface area contributed by atoms with Gasteiger partial charge in [-0.05, 0) is 36.6 Å². The van der Waals surface area contributed by atoms with E-state index < -0.39 is 0 Å². The van der Waals surface area contributed by atoms with Gasteiger partial charge in [-0.3, -0.25) is 9.69 Å². The average Bonchev–Trinajstić information content (AvgIpc) is 3.11. The fourth-order valence-electron chi connectivity index (χ4n) is 3.44. The Morgan fingerprint density at radius 1 is 1.19 bits per heavy atom. The molecule has 0 saturated carbocycles. The molecule has 1 aliphatic rings. The van der Waals surface area contributed by atoms with Gasteiger partial charge in [-0.25, -0.2) is 4.98 Å². The van der Waals surface area contributed by atoms with Gasteiger partial charge in [-0.15, -0.1) is 11.3 Å². The van der Waals surface area contributed by atoms with E-state index in [2.05, 4.69) is 42.2 Å². The molecule has 2 aromatic carbocycles. The van der Waals surface area contributed by atoms with Gasteiger partial charge in [-0.1, -0.05) is 36.4 Å². The summed E-state index contributed by atoms with van der Waals surface area (Å²) in [5, 5.41) is 0.992. The lowest BCUT2D eigenvalue weighted by Gasteiger charge is -2.31. The van der Waals surface area contributed by atoms with Crippen molar-refractivity contribution in [3.05, 3.63) is 64.7 Å². The molecule has 0 bridgehead atoms. The summed E-state index contributed by atoms with van der Waals surface area (Å²) in [6.45, 7) is 4.30. The van der Waals surface area contributed by atoms with E-state index in [9.17, 15) is 4.79 Å². The van der Waals surface area contributed by atoms with E-state index in [0.717, 1.165) is 30.0 Å². The summed E-state index contributed by atoms with van der Waals surface area (Å²) in [4.78, 5) is 21.6. The SMILES string of the molecule is C[C@@H](c1nc2ccccc2s1)N(C)C(=O)CN1CCc2ccccc2C1. The summed E-state index contributed by atoms with van der Waals surface area (Å²) in [5.41, 5.74) is 3.76. The van der Waals surface area contributed by atoms with Crippen molar-refractivity contribution in [2.45, 2.75) is 25.9 Å². The molecule has 0 unspecified atom stereocenters. The van der Waals surface area contributed by atoms with Crippen LogP contribution >= 0.6 is 11.3 Å². The summed E-state index contributed by atoms with van der Waals surface area (Å²) in [5.74, 6) is 0.149. The van der Waals surface area contributed by atoms with Gasteiger partial charge in [0.2, 0.25) is 5.91 Å². The number of likely N-dealkylation sites (N-methyl/N-ethyl adjacent to an activating group) is 1. The van der Waals surface area contributed by atoms with Crippen LogP contribution in [0.25, 0.3) is 10.2 Å². The highest BCUT2D eigenvalue weighted by atomic mass is 32.1. The molecule has 0 radical (unpaired) electrons. The first-order valence-electron chi connectivity index (χ1n) is 9.02. The minimum absolute atomic E-state index is 0.0167. The lowest BCUT2D eigenvalue weighted by atomic mass is 10.00. The van der Waals surface area contributed by atoms with Crippen molar-refractivity contribution in [3.8, 4) is 0 Å². The lowest BCUT2D eigenvalue weighted by molar-refractivity contribution is -0.133. The van der Waals surface area contributed by atoms with E-state index in [-0.39, 0.29) is 11.9 Å². The number of hydrogen-bond donors (Lipinski definition) is 0. The Morgan fingerprint density at radius 3 is 2.73 bits per heavy atom. The molecule has 5 heteroatoms. The Kier molecular flexibility index (Phi) is 4.74. The molecular weight excluding hydrogens is 342 g/mol. The first kappa shape index (κ1) is 17.2. The maximum atomic E-state index is 12.8. The molecule has 4 rings (SSSR count). The van der Waals surface area contributed by atoms with Crippen molar-refractivity contribution in [2.75, 3.05) is 20.1 Å². The minimum atomic E-state index is -0.0167. The van der Waals surface area contributed by atoms with Crippen molar-refractivity contribution in [2.24, 2.45) is 0 Å². The zero-order chi connectivity index (χ0) is 18.1. The molecule has 1 aliphatic heterocycles. The number of benzene rings is 2.